The smallest absolute Gasteiger partial charge is 0.416 e. The Morgan fingerprint density at radius 2 is 1.64 bits per heavy atom. The van der Waals surface area contributed by atoms with E-state index in [1.807, 2.05) is 0 Å². The summed E-state index contributed by atoms with van der Waals surface area (Å²) < 4.78 is 128. The number of nitrogens with zero attached hydrogens (tertiary/aromatic N) is 5. The number of rotatable bonds is 5. The average Bonchev–Trinajstić information content (AvgIpc) is 3.34. The topological polar surface area (TPSA) is 87.2 Å². The van der Waals surface area contributed by atoms with E-state index < -0.39 is 59.5 Å². The highest BCUT2D eigenvalue weighted by Crippen LogP contribution is 2.44. The number of carbonyl (C=O) groups is 1. The van der Waals surface area contributed by atoms with Gasteiger partial charge < -0.3 is 9.64 Å². The van der Waals surface area contributed by atoms with Gasteiger partial charge in [0.25, 0.3) is 5.95 Å². The number of aromatic nitrogens is 4. The van der Waals surface area contributed by atoms with Gasteiger partial charge in [0.1, 0.15) is 0 Å². The molecule has 1 unspecified atom stereocenters. The molecule has 1 N–H and O–H groups in total. The van der Waals surface area contributed by atoms with Crippen LogP contribution in [0, 0.1) is 6.92 Å². The third-order valence-electron chi connectivity index (χ3n) is 6.64. The van der Waals surface area contributed by atoms with Crippen LogP contribution in [-0.2, 0) is 29.8 Å². The Kier molecular flexibility index (Phi) is 8.33. The van der Waals surface area contributed by atoms with Crippen molar-refractivity contribution in [2.24, 2.45) is 0 Å². The molecule has 2 aromatic carbocycles. The van der Waals surface area contributed by atoms with Crippen LogP contribution in [0.2, 0.25) is 0 Å². The Hall–Kier alpha value is -4.05. The number of alkyl halides is 9. The van der Waals surface area contributed by atoms with Crippen molar-refractivity contribution in [1.82, 2.24) is 20.6 Å². The number of carbonyl (C=O) groups excluding carboxylic acids is 1. The fraction of sp³-hybridized carbons (Fsp3) is 0.440. The molecular weight excluding hydrogens is 587 g/mol. The first-order valence-corrected chi connectivity index (χ1v) is 12.4. The number of aryl methyl sites for hydroxylation is 1. The van der Waals surface area contributed by atoms with Gasteiger partial charge in [-0.05, 0) is 72.9 Å². The second kappa shape index (κ2) is 11.3. The van der Waals surface area contributed by atoms with E-state index in [-0.39, 0.29) is 54.8 Å². The Morgan fingerprint density at radius 3 is 2.17 bits per heavy atom. The van der Waals surface area contributed by atoms with Gasteiger partial charge >= 0.3 is 24.6 Å². The Balaban J connectivity index is 1.90. The molecule has 0 aliphatic carbocycles. The van der Waals surface area contributed by atoms with Crippen molar-refractivity contribution in [3.05, 3.63) is 63.7 Å². The van der Waals surface area contributed by atoms with Gasteiger partial charge in [0.05, 0.1) is 35.0 Å². The second-order valence-electron chi connectivity index (χ2n) is 9.49. The molecule has 1 amide bonds. The van der Waals surface area contributed by atoms with Crippen LogP contribution in [0.5, 0.6) is 0 Å². The summed E-state index contributed by atoms with van der Waals surface area (Å²) in [6, 6.07) is 2.04. The summed E-state index contributed by atoms with van der Waals surface area (Å²) in [5, 5.41) is 13.3. The first kappa shape index (κ1) is 30.9. The average molecular weight is 610 g/mol. The quantitative estimate of drug-likeness (QED) is 0.311. The lowest BCUT2D eigenvalue weighted by atomic mass is 9.94. The molecule has 3 aromatic rings. The van der Waals surface area contributed by atoms with Crippen LogP contribution in [0.4, 0.5) is 55.9 Å². The van der Waals surface area contributed by atoms with Crippen LogP contribution < -0.4 is 9.80 Å². The van der Waals surface area contributed by atoms with Crippen LogP contribution >= 0.6 is 0 Å². The first-order valence-electron chi connectivity index (χ1n) is 12.4. The Morgan fingerprint density at radius 1 is 1.00 bits per heavy atom. The highest BCUT2D eigenvalue weighted by Gasteiger charge is 2.40. The van der Waals surface area contributed by atoms with Gasteiger partial charge in [-0.3, -0.25) is 4.90 Å². The predicted octanol–water partition coefficient (Wildman–Crippen LogP) is 7.07. The number of tetrazole rings is 1. The van der Waals surface area contributed by atoms with Gasteiger partial charge in [-0.15, -0.1) is 5.10 Å². The maximum atomic E-state index is 13.9. The normalized spacial score (nSPS) is 16.2. The number of amides is 1. The largest absolute Gasteiger partial charge is 0.449 e. The summed E-state index contributed by atoms with van der Waals surface area (Å²) in [6.45, 7) is 1.94. The third kappa shape index (κ3) is 6.54. The van der Waals surface area contributed by atoms with Crippen LogP contribution in [0.15, 0.2) is 30.3 Å². The molecule has 8 nitrogen and oxygen atoms in total. The maximum Gasteiger partial charge on any atom is 0.416 e. The van der Waals surface area contributed by atoms with Crippen molar-refractivity contribution < 1.29 is 49.0 Å². The standard InChI is InChI=1S/C25H23F9N6O2/c1-3-42-22(41)39-6-4-5-19(17-7-13(2)18(11-20(17)39)25(32,33)34)40(21-35-37-38-36-21)12-14-8-15(23(26,27)28)10-16(9-14)24(29,30)31/h7-11,19H,3-6,12H2,1-2H3,(H,35,36,37,38). The van der Waals surface area contributed by atoms with Crippen LogP contribution in [0.3, 0.4) is 0 Å². The fourth-order valence-electron chi connectivity index (χ4n) is 4.86. The molecule has 0 saturated heterocycles. The number of ether oxygens (including phenoxy) is 1. The summed E-state index contributed by atoms with van der Waals surface area (Å²) in [6.07, 6.45) is -15.6. The van der Waals surface area contributed by atoms with Crippen molar-refractivity contribution in [1.29, 1.82) is 0 Å². The SMILES string of the molecule is CCOC(=O)N1CCCC(N(Cc2cc(C(F)(F)F)cc(C(F)(F)F)c2)c2nn[nH]n2)c2cc(C)c(C(F)(F)F)cc21. The zero-order chi connectivity index (χ0) is 31.0. The fourth-order valence-corrected chi connectivity index (χ4v) is 4.86. The van der Waals surface area contributed by atoms with Crippen molar-refractivity contribution in [2.45, 2.75) is 57.8 Å². The van der Waals surface area contributed by atoms with E-state index in [1.54, 1.807) is 0 Å². The lowest BCUT2D eigenvalue weighted by Gasteiger charge is -2.33. The summed E-state index contributed by atoms with van der Waals surface area (Å²) in [4.78, 5) is 15.0. The molecule has 0 fully saturated rings. The van der Waals surface area contributed by atoms with Gasteiger partial charge in [-0.25, -0.2) is 4.79 Å². The van der Waals surface area contributed by atoms with Crippen LogP contribution in [-0.4, -0.2) is 39.9 Å². The Labute approximate surface area is 232 Å². The number of fused-ring (bicyclic) bond motifs is 1. The van der Waals surface area contributed by atoms with E-state index >= 15 is 0 Å². The lowest BCUT2D eigenvalue weighted by molar-refractivity contribution is -0.143. The summed E-state index contributed by atoms with van der Waals surface area (Å²) >= 11 is 0. The zero-order valence-corrected chi connectivity index (χ0v) is 22.0. The number of anilines is 2. The summed E-state index contributed by atoms with van der Waals surface area (Å²) in [5.74, 6) is -0.237. The first-order chi connectivity index (χ1) is 19.5. The number of H-pyrrole nitrogens is 1. The van der Waals surface area contributed by atoms with E-state index in [0.29, 0.717) is 12.1 Å². The molecule has 4 rings (SSSR count). The van der Waals surface area contributed by atoms with E-state index in [0.717, 1.165) is 11.0 Å². The van der Waals surface area contributed by atoms with Gasteiger partial charge in [0, 0.05) is 13.1 Å². The number of hydrogen-bond donors (Lipinski definition) is 1. The van der Waals surface area contributed by atoms with Gasteiger partial charge in [0.15, 0.2) is 0 Å². The lowest BCUT2D eigenvalue weighted by Crippen LogP contribution is -2.33. The molecule has 1 aliphatic rings. The highest BCUT2D eigenvalue weighted by atomic mass is 19.4. The molecule has 0 bridgehead atoms. The zero-order valence-electron chi connectivity index (χ0n) is 22.0. The molecule has 42 heavy (non-hydrogen) atoms. The monoisotopic (exact) mass is 610 g/mol. The molecule has 0 radical (unpaired) electrons. The molecular formula is C25H23F9N6O2. The summed E-state index contributed by atoms with van der Waals surface area (Å²) in [7, 11) is 0. The molecule has 1 aliphatic heterocycles. The highest BCUT2D eigenvalue weighted by molar-refractivity contribution is 5.89. The van der Waals surface area contributed by atoms with Crippen molar-refractivity contribution >= 4 is 17.7 Å². The van der Waals surface area contributed by atoms with Gasteiger partial charge in [0.2, 0.25) is 0 Å². The van der Waals surface area contributed by atoms with Crippen molar-refractivity contribution in [3.63, 3.8) is 0 Å². The minimum Gasteiger partial charge on any atom is -0.449 e. The molecule has 1 aromatic heterocycles. The minimum absolute atomic E-state index is 0.0115. The van der Waals surface area contributed by atoms with Crippen LogP contribution in [0.1, 0.15) is 59.2 Å². The van der Waals surface area contributed by atoms with E-state index in [2.05, 4.69) is 20.6 Å². The summed E-state index contributed by atoms with van der Waals surface area (Å²) in [5.41, 5.74) is -4.79. The molecule has 17 heteroatoms. The Bertz CT molecular complexity index is 1390. The van der Waals surface area contributed by atoms with E-state index in [1.165, 1.54) is 24.8 Å². The number of nitrogens with one attached hydrogen (secondary N) is 1. The third-order valence-corrected chi connectivity index (χ3v) is 6.64. The predicted molar refractivity (Wildman–Crippen MR) is 129 cm³/mol. The second-order valence-corrected chi connectivity index (χ2v) is 9.49. The number of halogens is 9. The maximum absolute atomic E-state index is 13.9. The molecule has 0 saturated carbocycles. The van der Waals surface area contributed by atoms with Crippen molar-refractivity contribution in [3.8, 4) is 0 Å². The number of hydrogen-bond acceptors (Lipinski definition) is 6. The minimum atomic E-state index is -5.10. The molecule has 0 spiro atoms. The molecule has 1 atom stereocenters. The number of aromatic amines is 1. The molecule has 2 heterocycles. The van der Waals surface area contributed by atoms with Gasteiger partial charge in [-0.2, -0.15) is 44.7 Å². The van der Waals surface area contributed by atoms with Gasteiger partial charge in [-0.1, -0.05) is 11.2 Å². The van der Waals surface area contributed by atoms with Crippen molar-refractivity contribution in [2.75, 3.05) is 23.0 Å². The van der Waals surface area contributed by atoms with Crippen LogP contribution in [0.25, 0.3) is 0 Å². The van der Waals surface area contributed by atoms with E-state index in [9.17, 15) is 44.3 Å². The number of benzene rings is 2. The van der Waals surface area contributed by atoms with E-state index in [4.69, 9.17) is 4.74 Å². The molecule has 228 valence electrons.